The van der Waals surface area contributed by atoms with Crippen LogP contribution in [0.4, 0.5) is 13.2 Å². The molecule has 1 aliphatic rings. The number of aryl methyl sites for hydroxylation is 1. The van der Waals surface area contributed by atoms with Gasteiger partial charge in [-0.15, -0.1) is 12.4 Å². The van der Waals surface area contributed by atoms with Crippen LogP contribution in [-0.2, 0) is 24.1 Å². The maximum Gasteiger partial charge on any atom is 0.408 e. The molecule has 0 radical (unpaired) electrons. The van der Waals surface area contributed by atoms with Crippen LogP contribution in [0.5, 0.6) is 0 Å². The molecule has 6 nitrogen and oxygen atoms in total. The highest BCUT2D eigenvalue weighted by Gasteiger charge is 2.35. The predicted molar refractivity (Wildman–Crippen MR) is 76.5 cm³/mol. The molecule has 2 aromatic heterocycles. The Kier molecular flexibility index (Phi) is 4.69. The fraction of sp³-hybridized carbons (Fsp3) is 0.462. The third-order valence-corrected chi connectivity index (χ3v) is 3.45. The Morgan fingerprint density at radius 1 is 1.43 bits per heavy atom. The maximum absolute atomic E-state index is 12.7. The quantitative estimate of drug-likeness (QED) is 0.863. The number of hydrogen-bond donors (Lipinski definition) is 1. The van der Waals surface area contributed by atoms with Gasteiger partial charge in [-0.3, -0.25) is 5.10 Å². The van der Waals surface area contributed by atoms with Crippen molar-refractivity contribution in [3.05, 3.63) is 23.1 Å². The minimum Gasteiger partial charge on any atom is -0.461 e. The highest BCUT2D eigenvalue weighted by molar-refractivity contribution is 5.92. The Bertz CT molecular complexity index is 723. The second-order valence-corrected chi connectivity index (χ2v) is 4.93. The Hall–Kier alpha value is -2.03. The van der Waals surface area contributed by atoms with Gasteiger partial charge >= 0.3 is 12.1 Å². The number of alkyl halides is 3. The third kappa shape index (κ3) is 3.19. The van der Waals surface area contributed by atoms with Crippen molar-refractivity contribution in [1.82, 2.24) is 20.0 Å². The van der Waals surface area contributed by atoms with E-state index in [1.54, 1.807) is 6.92 Å². The molecule has 0 saturated carbocycles. The fourth-order valence-electron chi connectivity index (χ4n) is 2.62. The second kappa shape index (κ2) is 6.23. The molecule has 2 aromatic rings. The number of ether oxygens (including phenoxy) is 1. The molecule has 23 heavy (non-hydrogen) atoms. The van der Waals surface area contributed by atoms with Crippen molar-refractivity contribution in [2.24, 2.45) is 0 Å². The third-order valence-electron chi connectivity index (χ3n) is 3.45. The van der Waals surface area contributed by atoms with E-state index in [9.17, 15) is 18.0 Å². The van der Waals surface area contributed by atoms with Gasteiger partial charge in [0.2, 0.25) is 0 Å². The molecule has 0 amide bonds. The number of rotatable bonds is 3. The first-order chi connectivity index (χ1) is 10.4. The van der Waals surface area contributed by atoms with Gasteiger partial charge in [0.15, 0.2) is 5.69 Å². The summed E-state index contributed by atoms with van der Waals surface area (Å²) in [4.78, 5) is 12.1. The molecule has 1 N–H and O–H groups in total. The SMILES string of the molecule is CCOC(=O)c1c2c(nn1CC(F)(F)F)-c1cn[nH]c1CC2.Cl. The number of esters is 1. The van der Waals surface area contributed by atoms with Crippen molar-refractivity contribution >= 4 is 18.4 Å². The summed E-state index contributed by atoms with van der Waals surface area (Å²) in [5.41, 5.74) is 2.16. The molecule has 0 aliphatic heterocycles. The normalized spacial score (nSPS) is 13.0. The summed E-state index contributed by atoms with van der Waals surface area (Å²) in [6.07, 6.45) is -1.99. The van der Waals surface area contributed by atoms with Crippen LogP contribution in [0, 0.1) is 0 Å². The summed E-state index contributed by atoms with van der Waals surface area (Å²) in [6.45, 7) is 0.353. The van der Waals surface area contributed by atoms with E-state index in [0.29, 0.717) is 34.3 Å². The van der Waals surface area contributed by atoms with E-state index in [4.69, 9.17) is 4.74 Å². The lowest BCUT2D eigenvalue weighted by Gasteiger charge is -2.12. The molecular weight excluding hydrogens is 337 g/mol. The number of nitrogens with one attached hydrogen (secondary N) is 1. The zero-order chi connectivity index (χ0) is 15.9. The summed E-state index contributed by atoms with van der Waals surface area (Å²) in [6, 6.07) is 0. The first-order valence-electron chi connectivity index (χ1n) is 6.77. The molecular formula is C13H14ClF3N4O2. The van der Waals surface area contributed by atoms with Crippen molar-refractivity contribution in [1.29, 1.82) is 0 Å². The van der Waals surface area contributed by atoms with Crippen molar-refractivity contribution in [3.8, 4) is 11.3 Å². The molecule has 0 atom stereocenters. The minimum atomic E-state index is -4.48. The van der Waals surface area contributed by atoms with E-state index in [1.807, 2.05) is 0 Å². The zero-order valence-corrected chi connectivity index (χ0v) is 12.9. The van der Waals surface area contributed by atoms with Crippen LogP contribution in [0.15, 0.2) is 6.20 Å². The molecule has 1 aliphatic carbocycles. The van der Waals surface area contributed by atoms with Crippen LogP contribution in [0.1, 0.15) is 28.7 Å². The smallest absolute Gasteiger partial charge is 0.408 e. The Morgan fingerprint density at radius 3 is 2.83 bits per heavy atom. The molecule has 0 saturated heterocycles. The summed E-state index contributed by atoms with van der Waals surface area (Å²) in [5.74, 6) is -0.785. The average molecular weight is 351 g/mol. The van der Waals surface area contributed by atoms with E-state index in [0.717, 1.165) is 5.69 Å². The monoisotopic (exact) mass is 350 g/mol. The molecule has 0 unspecified atom stereocenters. The van der Waals surface area contributed by atoms with Crippen LogP contribution >= 0.6 is 12.4 Å². The molecule has 3 rings (SSSR count). The number of carbonyl (C=O) groups is 1. The molecule has 0 bridgehead atoms. The second-order valence-electron chi connectivity index (χ2n) is 4.93. The molecule has 0 fully saturated rings. The van der Waals surface area contributed by atoms with Crippen molar-refractivity contribution < 1.29 is 22.7 Å². The van der Waals surface area contributed by atoms with Crippen LogP contribution in [0.25, 0.3) is 11.3 Å². The summed E-state index contributed by atoms with van der Waals surface area (Å²) in [5, 5.41) is 10.7. The highest BCUT2D eigenvalue weighted by Crippen LogP contribution is 2.34. The van der Waals surface area contributed by atoms with Crippen molar-refractivity contribution in [2.45, 2.75) is 32.5 Å². The lowest BCUT2D eigenvalue weighted by atomic mass is 9.94. The fourth-order valence-corrected chi connectivity index (χ4v) is 2.62. The first kappa shape index (κ1) is 17.3. The number of halogens is 4. The van der Waals surface area contributed by atoms with Gasteiger partial charge in [0, 0.05) is 16.8 Å². The summed E-state index contributed by atoms with van der Waals surface area (Å²) < 4.78 is 43.8. The van der Waals surface area contributed by atoms with Crippen LogP contribution in [0.2, 0.25) is 0 Å². The average Bonchev–Trinajstić information content (AvgIpc) is 2.99. The number of aromatic amines is 1. The van der Waals surface area contributed by atoms with Gasteiger partial charge < -0.3 is 4.74 Å². The van der Waals surface area contributed by atoms with E-state index in [-0.39, 0.29) is 24.7 Å². The van der Waals surface area contributed by atoms with Gasteiger partial charge in [0.25, 0.3) is 0 Å². The van der Waals surface area contributed by atoms with Gasteiger partial charge in [-0.1, -0.05) is 0 Å². The van der Waals surface area contributed by atoms with Gasteiger partial charge in [-0.25, -0.2) is 9.48 Å². The molecule has 0 aromatic carbocycles. The molecule has 0 spiro atoms. The highest BCUT2D eigenvalue weighted by atomic mass is 35.5. The maximum atomic E-state index is 12.7. The minimum absolute atomic E-state index is 0. The lowest BCUT2D eigenvalue weighted by molar-refractivity contribution is -0.142. The Labute approximate surface area is 135 Å². The van der Waals surface area contributed by atoms with E-state index in [1.165, 1.54) is 6.20 Å². The number of H-pyrrole nitrogens is 1. The van der Waals surface area contributed by atoms with Crippen LogP contribution < -0.4 is 0 Å². The molecule has 2 heterocycles. The standard InChI is InChI=1S/C13H13F3N4O2.ClH/c1-2-22-12(21)11-7-3-4-9-8(5-17-18-9)10(7)19-20(11)6-13(14,15)16;/h5H,2-4,6H2,1H3,(H,17,18);1H. The van der Waals surface area contributed by atoms with E-state index < -0.39 is 18.7 Å². The number of nitrogens with zero attached hydrogens (tertiary/aromatic N) is 3. The molecule has 126 valence electrons. The number of aromatic nitrogens is 4. The van der Waals surface area contributed by atoms with Gasteiger partial charge in [-0.2, -0.15) is 23.4 Å². The van der Waals surface area contributed by atoms with Gasteiger partial charge in [0.1, 0.15) is 6.54 Å². The van der Waals surface area contributed by atoms with Crippen LogP contribution in [0.3, 0.4) is 0 Å². The van der Waals surface area contributed by atoms with Gasteiger partial charge in [0.05, 0.1) is 18.5 Å². The van der Waals surface area contributed by atoms with Crippen molar-refractivity contribution in [2.75, 3.05) is 6.61 Å². The number of fused-ring (bicyclic) bond motifs is 3. The number of hydrogen-bond acceptors (Lipinski definition) is 4. The topological polar surface area (TPSA) is 72.8 Å². The first-order valence-corrected chi connectivity index (χ1v) is 6.77. The number of carbonyl (C=O) groups excluding carboxylic acids is 1. The van der Waals surface area contributed by atoms with E-state index >= 15 is 0 Å². The summed E-state index contributed by atoms with van der Waals surface area (Å²) >= 11 is 0. The van der Waals surface area contributed by atoms with Crippen molar-refractivity contribution in [3.63, 3.8) is 0 Å². The van der Waals surface area contributed by atoms with Gasteiger partial charge in [-0.05, 0) is 19.8 Å². The Balaban J connectivity index is 0.00000192. The van der Waals surface area contributed by atoms with Crippen LogP contribution in [-0.4, -0.2) is 38.7 Å². The summed E-state index contributed by atoms with van der Waals surface area (Å²) in [7, 11) is 0. The largest absolute Gasteiger partial charge is 0.461 e. The van der Waals surface area contributed by atoms with E-state index in [2.05, 4.69) is 15.3 Å². The Morgan fingerprint density at radius 2 is 2.17 bits per heavy atom. The lowest BCUT2D eigenvalue weighted by Crippen LogP contribution is -2.23. The predicted octanol–water partition coefficient (Wildman–Crippen LogP) is 2.53. The molecule has 10 heteroatoms. The zero-order valence-electron chi connectivity index (χ0n) is 12.1.